The molecule has 1 aliphatic rings. The van der Waals surface area contributed by atoms with E-state index in [1.807, 2.05) is 0 Å². The first-order chi connectivity index (χ1) is 12.3. The Bertz CT molecular complexity index is 986. The predicted molar refractivity (Wildman–Crippen MR) is 89.9 cm³/mol. The second kappa shape index (κ2) is 6.81. The summed E-state index contributed by atoms with van der Waals surface area (Å²) >= 11 is 0. The predicted octanol–water partition coefficient (Wildman–Crippen LogP) is 1.47. The van der Waals surface area contributed by atoms with Gasteiger partial charge >= 0.3 is 0 Å². The molecule has 0 bridgehead atoms. The molecule has 2 heterocycles. The van der Waals surface area contributed by atoms with Crippen LogP contribution in [-0.2, 0) is 10.0 Å². The standard InChI is InChI=1S/C15H16N6O4S/c1-11-4-6-19(7-5-11)26(24,25)12-2-3-13(14(8-12)21(22)23)20-10-17-18-15(20)9-16/h2-3,8,10-11H,4-7H2,1H3. The molecule has 0 saturated carbocycles. The number of benzene rings is 1. The third-order valence-electron chi connectivity index (χ3n) is 4.43. The average Bonchev–Trinajstić information content (AvgIpc) is 3.10. The summed E-state index contributed by atoms with van der Waals surface area (Å²) in [5, 5.41) is 27.6. The van der Waals surface area contributed by atoms with E-state index in [0.29, 0.717) is 19.0 Å². The summed E-state index contributed by atoms with van der Waals surface area (Å²) < 4.78 is 28.1. The molecule has 0 radical (unpaired) electrons. The van der Waals surface area contributed by atoms with Crippen LogP contribution >= 0.6 is 0 Å². The summed E-state index contributed by atoms with van der Waals surface area (Å²) in [6.07, 6.45) is 2.68. The number of aromatic nitrogens is 3. The number of nitro benzene ring substituents is 1. The molecule has 10 nitrogen and oxygen atoms in total. The molecule has 0 unspecified atom stereocenters. The Morgan fingerprint density at radius 3 is 2.65 bits per heavy atom. The van der Waals surface area contributed by atoms with E-state index < -0.39 is 20.6 Å². The fourth-order valence-electron chi connectivity index (χ4n) is 2.88. The van der Waals surface area contributed by atoms with Crippen LogP contribution in [0.15, 0.2) is 29.4 Å². The number of nitrogens with zero attached hydrogens (tertiary/aromatic N) is 6. The number of hydrogen-bond acceptors (Lipinski definition) is 7. The highest BCUT2D eigenvalue weighted by molar-refractivity contribution is 7.89. The van der Waals surface area contributed by atoms with Gasteiger partial charge in [0.2, 0.25) is 15.8 Å². The Labute approximate surface area is 149 Å². The molecule has 1 aliphatic heterocycles. The van der Waals surface area contributed by atoms with Crippen molar-refractivity contribution >= 4 is 15.7 Å². The Morgan fingerprint density at radius 1 is 1.35 bits per heavy atom. The number of sulfonamides is 1. The first kappa shape index (κ1) is 18.0. The first-order valence-corrected chi connectivity index (χ1v) is 9.37. The van der Waals surface area contributed by atoms with Crippen LogP contribution in [0.1, 0.15) is 25.6 Å². The van der Waals surface area contributed by atoms with Crippen LogP contribution in [0.2, 0.25) is 0 Å². The topological polar surface area (TPSA) is 135 Å². The number of nitro groups is 1. The fourth-order valence-corrected chi connectivity index (χ4v) is 4.37. The molecule has 1 fully saturated rings. The largest absolute Gasteiger partial charge is 0.294 e. The van der Waals surface area contributed by atoms with Crippen LogP contribution in [0.25, 0.3) is 5.69 Å². The number of hydrogen-bond donors (Lipinski definition) is 0. The fraction of sp³-hybridized carbons (Fsp3) is 0.400. The SMILES string of the molecule is CC1CCN(S(=O)(=O)c2ccc(-n3cnnc3C#N)c([N+](=O)[O-])c2)CC1. The zero-order valence-electron chi connectivity index (χ0n) is 13.9. The smallest absolute Gasteiger partial charge is 0.266 e. The average molecular weight is 376 g/mol. The molecule has 1 aromatic heterocycles. The number of piperidine rings is 1. The first-order valence-electron chi connectivity index (χ1n) is 7.93. The monoisotopic (exact) mass is 376 g/mol. The van der Waals surface area contributed by atoms with E-state index in [9.17, 15) is 18.5 Å². The maximum atomic E-state index is 12.8. The molecule has 1 aromatic carbocycles. The van der Waals surface area contributed by atoms with Crippen molar-refractivity contribution in [2.24, 2.45) is 5.92 Å². The Morgan fingerprint density at radius 2 is 2.04 bits per heavy atom. The Kier molecular flexibility index (Phi) is 4.71. The van der Waals surface area contributed by atoms with E-state index in [1.54, 1.807) is 6.07 Å². The van der Waals surface area contributed by atoms with Crippen LogP contribution in [-0.4, -0.2) is 45.5 Å². The molecule has 0 N–H and O–H groups in total. The quantitative estimate of drug-likeness (QED) is 0.582. The van der Waals surface area contributed by atoms with E-state index in [2.05, 4.69) is 17.1 Å². The lowest BCUT2D eigenvalue weighted by atomic mass is 10.0. The van der Waals surface area contributed by atoms with Crippen molar-refractivity contribution < 1.29 is 13.3 Å². The highest BCUT2D eigenvalue weighted by Crippen LogP contribution is 2.30. The van der Waals surface area contributed by atoms with Gasteiger partial charge in [-0.05, 0) is 30.9 Å². The maximum absolute atomic E-state index is 12.8. The van der Waals surface area contributed by atoms with Crippen LogP contribution in [0.5, 0.6) is 0 Å². The van der Waals surface area contributed by atoms with E-state index in [0.717, 1.165) is 23.5 Å². The van der Waals surface area contributed by atoms with Crippen LogP contribution in [0, 0.1) is 27.4 Å². The molecule has 0 spiro atoms. The minimum atomic E-state index is -3.82. The van der Waals surface area contributed by atoms with Gasteiger partial charge in [-0.1, -0.05) is 6.92 Å². The minimum absolute atomic E-state index is 0.0303. The number of rotatable bonds is 4. The Hall–Kier alpha value is -2.84. The Balaban J connectivity index is 2.04. The van der Waals surface area contributed by atoms with Crippen molar-refractivity contribution in [3.05, 3.63) is 40.5 Å². The van der Waals surface area contributed by atoms with Gasteiger partial charge in [-0.2, -0.15) is 9.57 Å². The molecule has 0 atom stereocenters. The van der Waals surface area contributed by atoms with Crippen molar-refractivity contribution in [2.45, 2.75) is 24.7 Å². The lowest BCUT2D eigenvalue weighted by Crippen LogP contribution is -2.37. The lowest BCUT2D eigenvalue weighted by Gasteiger charge is -2.29. The normalized spacial score (nSPS) is 16.3. The molecule has 26 heavy (non-hydrogen) atoms. The summed E-state index contributed by atoms with van der Waals surface area (Å²) in [5.74, 6) is 0.324. The molecule has 136 valence electrons. The van der Waals surface area contributed by atoms with Gasteiger partial charge in [-0.3, -0.25) is 14.7 Å². The van der Waals surface area contributed by atoms with E-state index >= 15 is 0 Å². The van der Waals surface area contributed by atoms with Gasteiger partial charge in [0.25, 0.3) is 5.69 Å². The zero-order chi connectivity index (χ0) is 18.9. The van der Waals surface area contributed by atoms with Gasteiger partial charge in [0.05, 0.1) is 9.82 Å². The van der Waals surface area contributed by atoms with Gasteiger partial charge in [0, 0.05) is 19.2 Å². The molecule has 2 aromatic rings. The molecule has 1 saturated heterocycles. The highest BCUT2D eigenvalue weighted by atomic mass is 32.2. The lowest BCUT2D eigenvalue weighted by molar-refractivity contribution is -0.384. The maximum Gasteiger partial charge on any atom is 0.294 e. The van der Waals surface area contributed by atoms with Gasteiger partial charge < -0.3 is 0 Å². The summed E-state index contributed by atoms with van der Waals surface area (Å²) in [7, 11) is -3.82. The summed E-state index contributed by atoms with van der Waals surface area (Å²) in [6, 6.07) is 5.39. The molecule has 3 rings (SSSR count). The molecular formula is C15H16N6O4S. The van der Waals surface area contributed by atoms with Crippen molar-refractivity contribution in [2.75, 3.05) is 13.1 Å². The van der Waals surface area contributed by atoms with Crippen molar-refractivity contribution in [3.63, 3.8) is 0 Å². The van der Waals surface area contributed by atoms with Crippen molar-refractivity contribution in [3.8, 4) is 11.8 Å². The zero-order valence-corrected chi connectivity index (χ0v) is 14.8. The summed E-state index contributed by atoms with van der Waals surface area (Å²) in [4.78, 5) is 10.6. The van der Waals surface area contributed by atoms with E-state index in [4.69, 9.17) is 5.26 Å². The van der Waals surface area contributed by atoms with Gasteiger partial charge in [-0.25, -0.2) is 8.42 Å². The van der Waals surface area contributed by atoms with Gasteiger partial charge in [0.15, 0.2) is 0 Å². The third kappa shape index (κ3) is 3.16. The summed E-state index contributed by atoms with van der Waals surface area (Å²) in [6.45, 7) is 2.85. The third-order valence-corrected chi connectivity index (χ3v) is 6.33. The second-order valence-electron chi connectivity index (χ2n) is 6.13. The summed E-state index contributed by atoms with van der Waals surface area (Å²) in [5.41, 5.74) is -0.407. The van der Waals surface area contributed by atoms with Crippen LogP contribution in [0.3, 0.4) is 0 Å². The van der Waals surface area contributed by atoms with Gasteiger partial charge in [-0.15, -0.1) is 10.2 Å². The molecular weight excluding hydrogens is 360 g/mol. The van der Waals surface area contributed by atoms with Crippen molar-refractivity contribution in [1.82, 2.24) is 19.1 Å². The number of nitriles is 1. The highest BCUT2D eigenvalue weighted by Gasteiger charge is 2.30. The molecule has 0 aliphatic carbocycles. The van der Waals surface area contributed by atoms with Gasteiger partial charge in [0.1, 0.15) is 18.1 Å². The van der Waals surface area contributed by atoms with Crippen molar-refractivity contribution in [1.29, 1.82) is 5.26 Å². The molecule has 0 amide bonds. The minimum Gasteiger partial charge on any atom is -0.266 e. The van der Waals surface area contributed by atoms with Crippen LogP contribution in [0.4, 0.5) is 5.69 Å². The van der Waals surface area contributed by atoms with E-state index in [-0.39, 0.29) is 16.4 Å². The second-order valence-corrected chi connectivity index (χ2v) is 8.07. The molecule has 11 heteroatoms. The van der Waals surface area contributed by atoms with Crippen LogP contribution < -0.4 is 0 Å². The van der Waals surface area contributed by atoms with E-state index in [1.165, 1.54) is 22.8 Å².